The number of piperidine rings is 1. The Hall–Kier alpha value is -1.27. The molecule has 1 amide bonds. The third-order valence-corrected chi connectivity index (χ3v) is 4.73. The third kappa shape index (κ3) is 3.48. The Morgan fingerprint density at radius 3 is 2.35 bits per heavy atom. The van der Waals surface area contributed by atoms with Crippen LogP contribution in [-0.4, -0.2) is 29.9 Å². The van der Waals surface area contributed by atoms with Crippen molar-refractivity contribution >= 4 is 18.3 Å². The monoisotopic (exact) mass is 348 g/mol. The number of nitrogens with zero attached hydrogens (tertiary/aromatic N) is 1. The molecule has 1 saturated heterocycles. The van der Waals surface area contributed by atoms with Crippen LogP contribution in [0, 0.1) is 0 Å². The van der Waals surface area contributed by atoms with Crippen LogP contribution in [0.4, 0.5) is 13.2 Å². The van der Waals surface area contributed by atoms with Gasteiger partial charge in [-0.05, 0) is 37.3 Å². The van der Waals surface area contributed by atoms with Crippen molar-refractivity contribution in [1.82, 2.24) is 4.90 Å². The molecule has 0 aromatic heterocycles. The summed E-state index contributed by atoms with van der Waals surface area (Å²) in [5, 5.41) is 0. The number of carbonyl (C=O) groups excluding carboxylic acids is 1. The molecule has 1 aromatic rings. The van der Waals surface area contributed by atoms with Crippen LogP contribution in [0.15, 0.2) is 24.3 Å². The van der Waals surface area contributed by atoms with Gasteiger partial charge in [-0.25, -0.2) is 0 Å². The van der Waals surface area contributed by atoms with Crippen LogP contribution in [0.2, 0.25) is 0 Å². The van der Waals surface area contributed by atoms with Crippen molar-refractivity contribution in [2.24, 2.45) is 5.73 Å². The van der Waals surface area contributed by atoms with Gasteiger partial charge >= 0.3 is 6.18 Å². The van der Waals surface area contributed by atoms with Gasteiger partial charge in [0.15, 0.2) is 0 Å². The highest BCUT2D eigenvalue weighted by atomic mass is 35.5. The summed E-state index contributed by atoms with van der Waals surface area (Å²) < 4.78 is 38.6. The minimum Gasteiger partial charge on any atom is -0.342 e. The summed E-state index contributed by atoms with van der Waals surface area (Å²) in [5.74, 6) is -0.0428. The van der Waals surface area contributed by atoms with Gasteiger partial charge in [0.1, 0.15) is 0 Å². The SMILES string of the molecule is Cl.NC1CCN(C(=O)C2(c3cccc(C(F)(F)F)c3)CC2)CC1. The van der Waals surface area contributed by atoms with Crippen LogP contribution in [0.5, 0.6) is 0 Å². The van der Waals surface area contributed by atoms with Gasteiger partial charge in [-0.15, -0.1) is 12.4 Å². The Morgan fingerprint density at radius 2 is 1.83 bits per heavy atom. The molecule has 0 unspecified atom stereocenters. The van der Waals surface area contributed by atoms with Crippen molar-refractivity contribution in [1.29, 1.82) is 0 Å². The molecule has 0 radical (unpaired) electrons. The van der Waals surface area contributed by atoms with Gasteiger partial charge in [-0.3, -0.25) is 4.79 Å². The summed E-state index contributed by atoms with van der Waals surface area (Å²) in [4.78, 5) is 14.5. The number of hydrogen-bond acceptors (Lipinski definition) is 2. The van der Waals surface area contributed by atoms with E-state index in [1.807, 2.05) is 0 Å². The summed E-state index contributed by atoms with van der Waals surface area (Å²) >= 11 is 0. The number of alkyl halides is 3. The summed E-state index contributed by atoms with van der Waals surface area (Å²) in [7, 11) is 0. The third-order valence-electron chi connectivity index (χ3n) is 4.73. The number of nitrogens with two attached hydrogens (primary N) is 1. The van der Waals surface area contributed by atoms with Gasteiger partial charge in [0, 0.05) is 19.1 Å². The van der Waals surface area contributed by atoms with E-state index in [1.165, 1.54) is 6.07 Å². The fourth-order valence-electron chi connectivity index (χ4n) is 3.15. The lowest BCUT2D eigenvalue weighted by atomic mass is 9.91. The molecule has 1 aliphatic heterocycles. The van der Waals surface area contributed by atoms with E-state index in [9.17, 15) is 18.0 Å². The largest absolute Gasteiger partial charge is 0.416 e. The van der Waals surface area contributed by atoms with E-state index in [0.29, 0.717) is 31.5 Å². The van der Waals surface area contributed by atoms with Gasteiger partial charge in [-0.2, -0.15) is 13.2 Å². The van der Waals surface area contributed by atoms with Crippen molar-refractivity contribution in [2.45, 2.75) is 43.3 Å². The van der Waals surface area contributed by atoms with Gasteiger partial charge in [-0.1, -0.05) is 18.2 Å². The molecular weight excluding hydrogens is 329 g/mol. The average Bonchev–Trinajstić information content (AvgIpc) is 3.28. The van der Waals surface area contributed by atoms with Crippen molar-refractivity contribution < 1.29 is 18.0 Å². The topological polar surface area (TPSA) is 46.3 Å². The molecule has 1 aromatic carbocycles. The Labute approximate surface area is 139 Å². The molecule has 1 saturated carbocycles. The number of rotatable bonds is 2. The van der Waals surface area contributed by atoms with E-state index in [4.69, 9.17) is 5.73 Å². The molecule has 23 heavy (non-hydrogen) atoms. The molecule has 2 fully saturated rings. The van der Waals surface area contributed by atoms with Crippen molar-refractivity contribution in [3.05, 3.63) is 35.4 Å². The molecule has 7 heteroatoms. The fourth-order valence-corrected chi connectivity index (χ4v) is 3.15. The van der Waals surface area contributed by atoms with E-state index in [-0.39, 0.29) is 24.4 Å². The molecule has 3 nitrogen and oxygen atoms in total. The predicted octanol–water partition coefficient (Wildman–Crippen LogP) is 3.11. The van der Waals surface area contributed by atoms with E-state index in [2.05, 4.69) is 0 Å². The fraction of sp³-hybridized carbons (Fsp3) is 0.562. The second-order valence-corrected chi connectivity index (χ2v) is 6.29. The molecule has 0 spiro atoms. The second kappa shape index (κ2) is 6.32. The lowest BCUT2D eigenvalue weighted by molar-refractivity contribution is -0.138. The van der Waals surface area contributed by atoms with Crippen LogP contribution >= 0.6 is 12.4 Å². The molecule has 1 heterocycles. The lowest BCUT2D eigenvalue weighted by Gasteiger charge is -2.33. The van der Waals surface area contributed by atoms with Gasteiger partial charge in [0.05, 0.1) is 11.0 Å². The molecule has 0 atom stereocenters. The van der Waals surface area contributed by atoms with Crippen LogP contribution in [0.25, 0.3) is 0 Å². The minimum atomic E-state index is -4.38. The highest BCUT2D eigenvalue weighted by Gasteiger charge is 2.53. The maximum atomic E-state index is 12.9. The Bertz CT molecular complexity index is 579. The molecule has 128 valence electrons. The van der Waals surface area contributed by atoms with Crippen molar-refractivity contribution in [3.8, 4) is 0 Å². The molecule has 3 rings (SSSR count). The van der Waals surface area contributed by atoms with E-state index < -0.39 is 17.2 Å². The Morgan fingerprint density at radius 1 is 1.22 bits per heavy atom. The second-order valence-electron chi connectivity index (χ2n) is 6.29. The highest BCUT2D eigenvalue weighted by molar-refractivity contribution is 5.91. The van der Waals surface area contributed by atoms with Crippen LogP contribution < -0.4 is 5.73 Å². The van der Waals surface area contributed by atoms with Gasteiger partial charge in [0.25, 0.3) is 0 Å². The standard InChI is InChI=1S/C16H19F3N2O.ClH/c17-16(18,19)12-3-1-2-11(10-12)15(6-7-15)14(22)21-8-4-13(20)5-9-21;/h1-3,10,13H,4-9,20H2;1H. The smallest absolute Gasteiger partial charge is 0.342 e. The normalized spacial score (nSPS) is 20.8. The summed E-state index contributed by atoms with van der Waals surface area (Å²) in [5.41, 5.74) is 4.89. The minimum absolute atomic E-state index is 0. The summed E-state index contributed by atoms with van der Waals surface area (Å²) in [6.07, 6.45) is -1.63. The predicted molar refractivity (Wildman–Crippen MR) is 83.4 cm³/mol. The van der Waals surface area contributed by atoms with E-state index >= 15 is 0 Å². The number of likely N-dealkylation sites (tertiary alicyclic amines) is 1. The van der Waals surface area contributed by atoms with Crippen LogP contribution in [0.1, 0.15) is 36.8 Å². The average molecular weight is 349 g/mol. The lowest BCUT2D eigenvalue weighted by Crippen LogP contribution is -2.46. The quantitative estimate of drug-likeness (QED) is 0.892. The van der Waals surface area contributed by atoms with E-state index in [0.717, 1.165) is 25.0 Å². The summed E-state index contributed by atoms with van der Waals surface area (Å²) in [6, 6.07) is 5.31. The van der Waals surface area contributed by atoms with E-state index in [1.54, 1.807) is 11.0 Å². The molecule has 1 aliphatic carbocycles. The van der Waals surface area contributed by atoms with Crippen LogP contribution in [-0.2, 0) is 16.4 Å². The first-order valence-electron chi connectivity index (χ1n) is 7.56. The molecule has 2 N–H and O–H groups in total. The zero-order chi connectivity index (χ0) is 16.0. The van der Waals surface area contributed by atoms with Gasteiger partial charge < -0.3 is 10.6 Å². The maximum absolute atomic E-state index is 12.9. The zero-order valence-electron chi connectivity index (χ0n) is 12.6. The first-order chi connectivity index (χ1) is 10.3. The van der Waals surface area contributed by atoms with Crippen molar-refractivity contribution in [2.75, 3.05) is 13.1 Å². The zero-order valence-corrected chi connectivity index (χ0v) is 13.4. The molecular formula is C16H20ClF3N2O. The first kappa shape index (κ1) is 18.1. The number of hydrogen-bond donors (Lipinski definition) is 1. The van der Waals surface area contributed by atoms with Crippen LogP contribution in [0.3, 0.4) is 0 Å². The number of carbonyl (C=O) groups is 1. The molecule has 2 aliphatic rings. The number of amides is 1. The number of halogens is 4. The maximum Gasteiger partial charge on any atom is 0.416 e. The first-order valence-corrected chi connectivity index (χ1v) is 7.56. The Balaban J connectivity index is 0.00000192. The highest BCUT2D eigenvalue weighted by Crippen LogP contribution is 2.50. The Kier molecular flexibility index (Phi) is 4.97. The van der Waals surface area contributed by atoms with Crippen molar-refractivity contribution in [3.63, 3.8) is 0 Å². The molecule has 0 bridgehead atoms. The summed E-state index contributed by atoms with van der Waals surface area (Å²) in [6.45, 7) is 1.20. The number of benzene rings is 1. The van der Waals surface area contributed by atoms with Gasteiger partial charge in [0.2, 0.25) is 5.91 Å².